The molecule has 1 aliphatic rings. The molecule has 1 aromatic carbocycles. The first-order chi connectivity index (χ1) is 9.69. The van der Waals surface area contributed by atoms with Gasteiger partial charge in [-0.05, 0) is 31.9 Å². The topological polar surface area (TPSA) is 51.5 Å². The number of amides is 1. The van der Waals surface area contributed by atoms with Crippen molar-refractivity contribution < 1.29 is 13.9 Å². The Morgan fingerprint density at radius 1 is 1.45 bits per heavy atom. The van der Waals surface area contributed by atoms with Crippen LogP contribution in [0.3, 0.4) is 0 Å². The number of fused-ring (bicyclic) bond motifs is 1. The highest BCUT2D eigenvalue weighted by Crippen LogP contribution is 2.32. The number of methoxy groups -OCH3 is 1. The number of hydrogen-bond donors (Lipinski definition) is 1. The standard InChI is InChI=1S/C16H19NO3/c1-10(17-16(18)11-5-3-6-11)14-9-12-7-4-8-13(19-2)15(12)20-14/h4,7-11H,3,5-6H2,1-2H3,(H,17,18)/t10-/m0/s1. The van der Waals surface area contributed by atoms with Gasteiger partial charge in [0.25, 0.3) is 0 Å². The van der Waals surface area contributed by atoms with Crippen LogP contribution in [0.15, 0.2) is 28.7 Å². The summed E-state index contributed by atoms with van der Waals surface area (Å²) in [6.45, 7) is 1.95. The molecule has 4 nitrogen and oxygen atoms in total. The normalized spacial score (nSPS) is 16.7. The zero-order valence-corrected chi connectivity index (χ0v) is 11.8. The molecule has 1 aromatic heterocycles. The highest BCUT2D eigenvalue weighted by Gasteiger charge is 2.27. The summed E-state index contributed by atoms with van der Waals surface area (Å²) in [6.07, 6.45) is 3.17. The molecule has 0 aliphatic heterocycles. The number of carbonyl (C=O) groups is 1. The quantitative estimate of drug-likeness (QED) is 0.928. The molecule has 1 heterocycles. The van der Waals surface area contributed by atoms with Crippen molar-refractivity contribution in [2.24, 2.45) is 5.92 Å². The van der Waals surface area contributed by atoms with E-state index in [1.165, 1.54) is 0 Å². The second-order valence-corrected chi connectivity index (χ2v) is 5.39. The van der Waals surface area contributed by atoms with Crippen LogP contribution in [0.25, 0.3) is 11.0 Å². The summed E-state index contributed by atoms with van der Waals surface area (Å²) in [5.74, 6) is 1.80. The molecule has 0 unspecified atom stereocenters. The van der Waals surface area contributed by atoms with Crippen molar-refractivity contribution in [3.8, 4) is 5.75 Å². The lowest BCUT2D eigenvalue weighted by Gasteiger charge is -2.25. The van der Waals surface area contributed by atoms with Crippen LogP contribution < -0.4 is 10.1 Å². The van der Waals surface area contributed by atoms with E-state index in [1.54, 1.807) is 7.11 Å². The third kappa shape index (κ3) is 2.26. The molecule has 0 bridgehead atoms. The number of rotatable bonds is 4. The molecule has 1 fully saturated rings. The minimum absolute atomic E-state index is 0.125. The first-order valence-corrected chi connectivity index (χ1v) is 7.06. The summed E-state index contributed by atoms with van der Waals surface area (Å²) in [5.41, 5.74) is 0.731. The highest BCUT2D eigenvalue weighted by molar-refractivity contribution is 5.84. The number of furan rings is 1. The van der Waals surface area contributed by atoms with Crippen molar-refractivity contribution >= 4 is 16.9 Å². The van der Waals surface area contributed by atoms with E-state index < -0.39 is 0 Å². The Bertz CT molecular complexity index is 628. The maximum absolute atomic E-state index is 12.0. The molecule has 20 heavy (non-hydrogen) atoms. The molecule has 1 aliphatic carbocycles. The number of ether oxygens (including phenoxy) is 1. The number of para-hydroxylation sites is 1. The molecule has 2 aromatic rings. The van der Waals surface area contributed by atoms with E-state index in [0.29, 0.717) is 5.75 Å². The van der Waals surface area contributed by atoms with Gasteiger partial charge in [0.1, 0.15) is 5.76 Å². The van der Waals surface area contributed by atoms with E-state index in [2.05, 4.69) is 5.32 Å². The number of benzene rings is 1. The Balaban J connectivity index is 1.80. The third-order valence-electron chi connectivity index (χ3n) is 4.01. The maximum atomic E-state index is 12.0. The monoisotopic (exact) mass is 273 g/mol. The molecule has 0 radical (unpaired) electrons. The van der Waals surface area contributed by atoms with Crippen molar-refractivity contribution in [3.05, 3.63) is 30.0 Å². The van der Waals surface area contributed by atoms with Crippen molar-refractivity contribution in [3.63, 3.8) is 0 Å². The van der Waals surface area contributed by atoms with Crippen molar-refractivity contribution in [2.75, 3.05) is 7.11 Å². The third-order valence-corrected chi connectivity index (χ3v) is 4.01. The number of hydrogen-bond acceptors (Lipinski definition) is 3. The van der Waals surface area contributed by atoms with Gasteiger partial charge in [-0.15, -0.1) is 0 Å². The average molecular weight is 273 g/mol. The van der Waals surface area contributed by atoms with Gasteiger partial charge in [0, 0.05) is 11.3 Å². The first kappa shape index (κ1) is 13.0. The Morgan fingerprint density at radius 2 is 2.25 bits per heavy atom. The fraction of sp³-hybridized carbons (Fsp3) is 0.438. The summed E-state index contributed by atoms with van der Waals surface area (Å²) < 4.78 is 11.1. The zero-order chi connectivity index (χ0) is 14.1. The van der Waals surface area contributed by atoms with Crippen LogP contribution in [0, 0.1) is 5.92 Å². The summed E-state index contributed by atoms with van der Waals surface area (Å²) in [4.78, 5) is 12.0. The molecule has 1 atom stereocenters. The molecular formula is C16H19NO3. The van der Waals surface area contributed by atoms with Crippen LogP contribution in [-0.2, 0) is 4.79 Å². The van der Waals surface area contributed by atoms with E-state index in [-0.39, 0.29) is 17.9 Å². The molecule has 106 valence electrons. The predicted octanol–water partition coefficient (Wildman–Crippen LogP) is 3.42. The highest BCUT2D eigenvalue weighted by atomic mass is 16.5. The Labute approximate surface area is 118 Å². The number of carbonyl (C=O) groups excluding carboxylic acids is 1. The minimum Gasteiger partial charge on any atom is -0.493 e. The molecule has 1 saturated carbocycles. The molecule has 3 rings (SSSR count). The van der Waals surface area contributed by atoms with Crippen LogP contribution in [-0.4, -0.2) is 13.0 Å². The van der Waals surface area contributed by atoms with Gasteiger partial charge in [0.15, 0.2) is 11.3 Å². The Morgan fingerprint density at radius 3 is 2.90 bits per heavy atom. The molecule has 4 heteroatoms. The van der Waals surface area contributed by atoms with Crippen LogP contribution >= 0.6 is 0 Å². The van der Waals surface area contributed by atoms with Crippen LogP contribution in [0.5, 0.6) is 5.75 Å². The van der Waals surface area contributed by atoms with E-state index in [1.807, 2.05) is 31.2 Å². The second kappa shape index (κ2) is 5.19. The average Bonchev–Trinajstić information content (AvgIpc) is 2.80. The number of nitrogens with one attached hydrogen (secondary N) is 1. The summed E-state index contributed by atoms with van der Waals surface area (Å²) >= 11 is 0. The Kier molecular flexibility index (Phi) is 3.38. The van der Waals surface area contributed by atoms with Gasteiger partial charge in [-0.25, -0.2) is 0 Å². The lowest BCUT2D eigenvalue weighted by molar-refractivity contribution is -0.128. The summed E-state index contributed by atoms with van der Waals surface area (Å²) in [5, 5.41) is 4.01. The van der Waals surface area contributed by atoms with Gasteiger partial charge in [-0.2, -0.15) is 0 Å². The van der Waals surface area contributed by atoms with Gasteiger partial charge in [0.05, 0.1) is 13.2 Å². The zero-order valence-electron chi connectivity index (χ0n) is 11.8. The molecule has 1 N–H and O–H groups in total. The Hall–Kier alpha value is -1.97. The van der Waals surface area contributed by atoms with E-state index >= 15 is 0 Å². The fourth-order valence-corrected chi connectivity index (χ4v) is 2.50. The minimum atomic E-state index is -0.125. The van der Waals surface area contributed by atoms with Gasteiger partial charge in [0.2, 0.25) is 5.91 Å². The van der Waals surface area contributed by atoms with E-state index in [9.17, 15) is 4.79 Å². The summed E-state index contributed by atoms with van der Waals surface area (Å²) in [6, 6.07) is 7.61. The van der Waals surface area contributed by atoms with Crippen LogP contribution in [0.2, 0.25) is 0 Å². The predicted molar refractivity (Wildman–Crippen MR) is 76.7 cm³/mol. The lowest BCUT2D eigenvalue weighted by Crippen LogP contribution is -2.35. The summed E-state index contributed by atoms with van der Waals surface area (Å²) in [7, 11) is 1.62. The lowest BCUT2D eigenvalue weighted by atomic mass is 9.84. The first-order valence-electron chi connectivity index (χ1n) is 7.06. The van der Waals surface area contributed by atoms with Crippen molar-refractivity contribution in [1.82, 2.24) is 5.32 Å². The fourth-order valence-electron chi connectivity index (χ4n) is 2.50. The maximum Gasteiger partial charge on any atom is 0.223 e. The van der Waals surface area contributed by atoms with Crippen LogP contribution in [0.1, 0.15) is 38.0 Å². The SMILES string of the molecule is COc1cccc2cc([C@H](C)NC(=O)C3CCC3)oc12. The van der Waals surface area contributed by atoms with E-state index in [4.69, 9.17) is 9.15 Å². The van der Waals surface area contributed by atoms with Gasteiger partial charge in [-0.1, -0.05) is 18.6 Å². The molecule has 0 saturated heterocycles. The van der Waals surface area contributed by atoms with Gasteiger partial charge < -0.3 is 14.5 Å². The molecule has 0 spiro atoms. The van der Waals surface area contributed by atoms with E-state index in [0.717, 1.165) is 36.0 Å². The smallest absolute Gasteiger partial charge is 0.223 e. The second-order valence-electron chi connectivity index (χ2n) is 5.39. The molecular weight excluding hydrogens is 254 g/mol. The van der Waals surface area contributed by atoms with Crippen molar-refractivity contribution in [1.29, 1.82) is 0 Å². The largest absolute Gasteiger partial charge is 0.493 e. The molecule has 1 amide bonds. The van der Waals surface area contributed by atoms with Gasteiger partial charge >= 0.3 is 0 Å². The van der Waals surface area contributed by atoms with Crippen molar-refractivity contribution in [2.45, 2.75) is 32.2 Å². The van der Waals surface area contributed by atoms with Gasteiger partial charge in [-0.3, -0.25) is 4.79 Å². The van der Waals surface area contributed by atoms with Crippen LogP contribution in [0.4, 0.5) is 0 Å².